The Morgan fingerprint density at radius 1 is 1.17 bits per heavy atom. The molecule has 0 spiro atoms. The fourth-order valence-corrected chi connectivity index (χ4v) is 5.06. The number of pyridine rings is 1. The van der Waals surface area contributed by atoms with Gasteiger partial charge in [-0.05, 0) is 43.0 Å². The van der Waals surface area contributed by atoms with Gasteiger partial charge < -0.3 is 14.9 Å². The Labute approximate surface area is 201 Å². The number of imidazole rings is 1. The SMILES string of the molecule is CS(=O)(=O)NCC1CCCN(c2cc(-c3cnc4ccc(C(F)F)nn34)cc(N3CC(O)C3)n2)C1. The van der Waals surface area contributed by atoms with Gasteiger partial charge in [0.2, 0.25) is 10.0 Å². The lowest BCUT2D eigenvalue weighted by Gasteiger charge is -2.38. The number of rotatable bonds is 7. The summed E-state index contributed by atoms with van der Waals surface area (Å²) in [4.78, 5) is 13.2. The number of hydrogen-bond acceptors (Lipinski definition) is 8. The van der Waals surface area contributed by atoms with Gasteiger partial charge in [-0.2, -0.15) is 5.10 Å². The summed E-state index contributed by atoms with van der Waals surface area (Å²) >= 11 is 0. The van der Waals surface area contributed by atoms with Crippen LogP contribution in [0.2, 0.25) is 0 Å². The Balaban J connectivity index is 1.50. The maximum atomic E-state index is 13.3. The molecule has 1 atom stereocenters. The van der Waals surface area contributed by atoms with Gasteiger partial charge in [-0.1, -0.05) is 0 Å². The van der Waals surface area contributed by atoms with Crippen molar-refractivity contribution in [2.75, 3.05) is 48.8 Å². The highest BCUT2D eigenvalue weighted by atomic mass is 32.2. The average molecular weight is 508 g/mol. The van der Waals surface area contributed by atoms with E-state index in [1.165, 1.54) is 16.6 Å². The van der Waals surface area contributed by atoms with Crippen molar-refractivity contribution >= 4 is 27.3 Å². The minimum atomic E-state index is -3.28. The summed E-state index contributed by atoms with van der Waals surface area (Å²) in [5, 5.41) is 13.9. The highest BCUT2D eigenvalue weighted by molar-refractivity contribution is 7.88. The summed E-state index contributed by atoms with van der Waals surface area (Å²) in [7, 11) is -3.28. The molecule has 5 rings (SSSR count). The largest absolute Gasteiger partial charge is 0.389 e. The zero-order valence-electron chi connectivity index (χ0n) is 19.2. The summed E-state index contributed by atoms with van der Waals surface area (Å²) in [5.74, 6) is 1.49. The van der Waals surface area contributed by atoms with Gasteiger partial charge in [0.1, 0.15) is 17.3 Å². The molecule has 0 saturated carbocycles. The van der Waals surface area contributed by atoms with E-state index >= 15 is 0 Å². The van der Waals surface area contributed by atoms with Crippen LogP contribution >= 0.6 is 0 Å². The smallest absolute Gasteiger partial charge is 0.282 e. The van der Waals surface area contributed by atoms with Crippen LogP contribution in [0.15, 0.2) is 30.5 Å². The van der Waals surface area contributed by atoms with Gasteiger partial charge in [0.05, 0.1) is 24.3 Å². The summed E-state index contributed by atoms with van der Waals surface area (Å²) in [6.07, 6.45) is 1.41. The van der Waals surface area contributed by atoms with Crippen molar-refractivity contribution in [1.82, 2.24) is 24.3 Å². The van der Waals surface area contributed by atoms with E-state index in [1.54, 1.807) is 6.20 Å². The Kier molecular flexibility index (Phi) is 6.32. The second-order valence-electron chi connectivity index (χ2n) is 9.18. The fourth-order valence-electron chi connectivity index (χ4n) is 4.53. The topological polar surface area (TPSA) is 116 Å². The second kappa shape index (κ2) is 9.28. The summed E-state index contributed by atoms with van der Waals surface area (Å²) in [5.41, 5.74) is 1.39. The molecule has 5 heterocycles. The molecule has 2 aliphatic rings. The Bertz CT molecular complexity index is 1330. The Morgan fingerprint density at radius 3 is 2.60 bits per heavy atom. The van der Waals surface area contributed by atoms with Gasteiger partial charge in [0.25, 0.3) is 6.43 Å². The molecule has 2 saturated heterocycles. The summed E-state index contributed by atoms with van der Waals surface area (Å²) in [6.45, 7) is 2.65. The fraction of sp³-hybridized carbons (Fsp3) is 0.500. The van der Waals surface area contributed by atoms with Gasteiger partial charge in [-0.15, -0.1) is 0 Å². The zero-order chi connectivity index (χ0) is 24.7. The van der Waals surface area contributed by atoms with Gasteiger partial charge in [0.15, 0.2) is 5.65 Å². The number of anilines is 2. The van der Waals surface area contributed by atoms with Gasteiger partial charge >= 0.3 is 0 Å². The number of alkyl halides is 2. The van der Waals surface area contributed by atoms with Crippen molar-refractivity contribution in [3.8, 4) is 11.3 Å². The first-order chi connectivity index (χ1) is 16.7. The van der Waals surface area contributed by atoms with Crippen molar-refractivity contribution in [1.29, 1.82) is 0 Å². The number of piperidine rings is 1. The molecule has 3 aromatic rings. The third-order valence-corrected chi connectivity index (χ3v) is 7.06. The molecule has 1 unspecified atom stereocenters. The summed E-state index contributed by atoms with van der Waals surface area (Å²) in [6, 6.07) is 6.51. The number of hydrogen-bond donors (Lipinski definition) is 2. The van der Waals surface area contributed by atoms with Crippen molar-refractivity contribution in [2.45, 2.75) is 25.4 Å². The lowest BCUT2D eigenvalue weighted by atomic mass is 9.98. The van der Waals surface area contributed by atoms with E-state index in [0.717, 1.165) is 25.6 Å². The number of aromatic nitrogens is 4. The van der Waals surface area contributed by atoms with Crippen molar-refractivity contribution < 1.29 is 22.3 Å². The van der Waals surface area contributed by atoms with Crippen LogP contribution in [0.4, 0.5) is 20.4 Å². The molecular formula is C22H27F2N7O3S. The molecule has 188 valence electrons. The first-order valence-corrected chi connectivity index (χ1v) is 13.3. The second-order valence-corrected chi connectivity index (χ2v) is 11.0. The van der Waals surface area contributed by atoms with E-state index in [4.69, 9.17) is 4.98 Å². The molecular weight excluding hydrogens is 480 g/mol. The maximum absolute atomic E-state index is 13.3. The van der Waals surface area contributed by atoms with E-state index < -0.39 is 22.6 Å². The molecule has 10 nitrogen and oxygen atoms in total. The minimum absolute atomic E-state index is 0.129. The van der Waals surface area contributed by atoms with E-state index in [9.17, 15) is 22.3 Å². The minimum Gasteiger partial charge on any atom is -0.389 e. The van der Waals surface area contributed by atoms with Crippen LogP contribution in [0.25, 0.3) is 16.9 Å². The number of β-amino-alcohol motifs (C(OH)–C–C–N with tert-alkyl or cyclic N) is 1. The molecule has 2 N–H and O–H groups in total. The first kappa shape index (κ1) is 23.8. The third-order valence-electron chi connectivity index (χ3n) is 6.36. The van der Waals surface area contributed by atoms with Crippen LogP contribution in [0, 0.1) is 5.92 Å². The Morgan fingerprint density at radius 2 is 1.91 bits per heavy atom. The molecule has 0 aromatic carbocycles. The third kappa shape index (κ3) is 5.21. The normalized spacial score (nSPS) is 19.5. The quantitative estimate of drug-likeness (QED) is 0.496. The van der Waals surface area contributed by atoms with Crippen LogP contribution in [-0.4, -0.2) is 78.2 Å². The van der Waals surface area contributed by atoms with Crippen LogP contribution in [-0.2, 0) is 10.0 Å². The van der Waals surface area contributed by atoms with E-state index in [-0.39, 0.29) is 11.6 Å². The van der Waals surface area contributed by atoms with Crippen molar-refractivity contribution in [3.05, 3.63) is 36.2 Å². The number of aliphatic hydroxyl groups is 1. The van der Waals surface area contributed by atoms with E-state index in [2.05, 4.69) is 19.7 Å². The molecule has 35 heavy (non-hydrogen) atoms. The standard InChI is InChI=1S/C22H27F2N7O3S/c1-35(33,34)26-9-14-3-2-6-29(11-14)20-7-15(8-21(27-20)30-12-16(32)13-30)18-10-25-19-5-4-17(22(23)24)28-31(18)19/h4-5,7-8,10,14,16,22,26,32H,2-3,6,9,11-13H2,1H3. The molecule has 3 aromatic heterocycles. The predicted octanol–water partition coefficient (Wildman–Crippen LogP) is 1.68. The first-order valence-electron chi connectivity index (χ1n) is 11.4. The number of sulfonamides is 1. The number of nitrogens with one attached hydrogen (secondary N) is 1. The number of nitrogens with zero attached hydrogens (tertiary/aromatic N) is 6. The highest BCUT2D eigenvalue weighted by Gasteiger charge is 2.28. The van der Waals surface area contributed by atoms with E-state index in [1.807, 2.05) is 17.0 Å². The van der Waals surface area contributed by atoms with Crippen molar-refractivity contribution in [2.24, 2.45) is 5.92 Å². The molecule has 2 aliphatic heterocycles. The predicted molar refractivity (Wildman–Crippen MR) is 127 cm³/mol. The van der Waals surface area contributed by atoms with Crippen LogP contribution in [0.3, 0.4) is 0 Å². The van der Waals surface area contributed by atoms with Gasteiger partial charge in [-0.25, -0.2) is 36.4 Å². The number of aliphatic hydroxyl groups excluding tert-OH is 1. The van der Waals surface area contributed by atoms with Gasteiger partial charge in [0, 0.05) is 38.3 Å². The summed E-state index contributed by atoms with van der Waals surface area (Å²) < 4.78 is 53.7. The number of fused-ring (bicyclic) bond motifs is 1. The lowest BCUT2D eigenvalue weighted by molar-refractivity contribution is 0.141. The maximum Gasteiger partial charge on any atom is 0.282 e. The monoisotopic (exact) mass is 507 g/mol. The van der Waals surface area contributed by atoms with Crippen LogP contribution < -0.4 is 14.5 Å². The molecule has 2 fully saturated rings. The number of halogens is 2. The van der Waals surface area contributed by atoms with E-state index in [0.29, 0.717) is 54.7 Å². The van der Waals surface area contributed by atoms with Crippen LogP contribution in [0.1, 0.15) is 25.0 Å². The van der Waals surface area contributed by atoms with Crippen LogP contribution in [0.5, 0.6) is 0 Å². The molecule has 0 radical (unpaired) electrons. The molecule has 0 amide bonds. The molecule has 0 aliphatic carbocycles. The zero-order valence-corrected chi connectivity index (χ0v) is 20.0. The molecule has 13 heteroatoms. The lowest BCUT2D eigenvalue weighted by Crippen LogP contribution is -2.51. The Hall–Kier alpha value is -2.90. The average Bonchev–Trinajstić information content (AvgIpc) is 3.23. The highest BCUT2D eigenvalue weighted by Crippen LogP contribution is 2.32. The van der Waals surface area contributed by atoms with Gasteiger partial charge in [-0.3, -0.25) is 0 Å². The molecule has 0 bridgehead atoms. The van der Waals surface area contributed by atoms with Crippen molar-refractivity contribution in [3.63, 3.8) is 0 Å².